The molecule has 1 aliphatic heterocycles. The van der Waals surface area contributed by atoms with Crippen molar-refractivity contribution in [2.24, 2.45) is 0 Å². The van der Waals surface area contributed by atoms with Crippen LogP contribution in [0.5, 0.6) is 11.5 Å². The number of rotatable bonds is 9. The molecule has 1 amide bonds. The van der Waals surface area contributed by atoms with Gasteiger partial charge in [-0.15, -0.1) is 0 Å². The highest BCUT2D eigenvalue weighted by molar-refractivity contribution is 5.78. The van der Waals surface area contributed by atoms with E-state index in [0.29, 0.717) is 44.0 Å². The summed E-state index contributed by atoms with van der Waals surface area (Å²) < 4.78 is 34.1. The predicted molar refractivity (Wildman–Crippen MR) is 119 cm³/mol. The molecule has 0 N–H and O–H groups in total. The first-order chi connectivity index (χ1) is 15.3. The number of hydrogen-bond acceptors (Lipinski definition) is 7. The molecule has 1 aromatic carbocycles. The van der Waals surface area contributed by atoms with Crippen LogP contribution >= 0.6 is 0 Å². The van der Waals surface area contributed by atoms with Crippen molar-refractivity contribution in [3.8, 4) is 11.5 Å². The van der Waals surface area contributed by atoms with E-state index in [1.165, 1.54) is 0 Å². The zero-order chi connectivity index (χ0) is 23.4. The zero-order valence-corrected chi connectivity index (χ0v) is 19.9. The van der Waals surface area contributed by atoms with Crippen LogP contribution in [-0.4, -0.2) is 84.6 Å². The van der Waals surface area contributed by atoms with E-state index in [0.717, 1.165) is 5.56 Å². The van der Waals surface area contributed by atoms with E-state index in [1.54, 1.807) is 47.4 Å². The second-order valence-corrected chi connectivity index (χ2v) is 8.56. The molecule has 1 spiro atoms. The smallest absolute Gasteiger partial charge is 0.223 e. The average molecular weight is 450 g/mol. The molecule has 1 aromatic rings. The highest BCUT2D eigenvalue weighted by atomic mass is 16.8. The molecule has 1 fully saturated rings. The summed E-state index contributed by atoms with van der Waals surface area (Å²) in [5.41, 5.74) is 0.464. The molecule has 1 heterocycles. The van der Waals surface area contributed by atoms with Crippen molar-refractivity contribution >= 4 is 5.91 Å². The topological polar surface area (TPSA) is 75.7 Å². The molecule has 1 saturated heterocycles. The fourth-order valence-corrected chi connectivity index (χ4v) is 4.41. The highest BCUT2D eigenvalue weighted by Crippen LogP contribution is 2.47. The van der Waals surface area contributed by atoms with Gasteiger partial charge in [0.2, 0.25) is 5.91 Å². The first-order valence-electron chi connectivity index (χ1n) is 10.8. The molecule has 3 rings (SSSR count). The maximum Gasteiger partial charge on any atom is 0.223 e. The van der Waals surface area contributed by atoms with Crippen LogP contribution in [0.1, 0.15) is 24.8 Å². The normalized spacial score (nSPS) is 26.3. The maximum absolute atomic E-state index is 12.8. The van der Waals surface area contributed by atoms with Crippen molar-refractivity contribution in [3.05, 3.63) is 35.9 Å². The summed E-state index contributed by atoms with van der Waals surface area (Å²) in [6.07, 6.45) is 5.15. The van der Waals surface area contributed by atoms with Crippen LogP contribution in [0.3, 0.4) is 0 Å². The molecule has 32 heavy (non-hydrogen) atoms. The zero-order valence-electron chi connectivity index (χ0n) is 19.9. The van der Waals surface area contributed by atoms with Crippen LogP contribution in [0.15, 0.2) is 30.4 Å². The van der Waals surface area contributed by atoms with E-state index in [-0.39, 0.29) is 18.1 Å². The van der Waals surface area contributed by atoms with Gasteiger partial charge >= 0.3 is 0 Å². The Labute approximate surface area is 190 Å². The molecule has 0 bridgehead atoms. The second kappa shape index (κ2) is 10.2. The van der Waals surface area contributed by atoms with Crippen LogP contribution in [0.25, 0.3) is 0 Å². The standard InChI is InChI=1S/C24H35NO7/c1-25(2)22(26)14-23(17-7-8-18(29-5)19(13-17)30-6)9-11-24(12-10-23)31-20(15-27-3)21(32-24)16-28-4/h7-9,11,13,20-21H,10,12,14-16H2,1-6H3/t20-,21-,23-/m0/s1. The van der Waals surface area contributed by atoms with E-state index in [1.807, 2.05) is 24.3 Å². The monoisotopic (exact) mass is 449 g/mol. The fourth-order valence-electron chi connectivity index (χ4n) is 4.41. The predicted octanol–water partition coefficient (Wildman–Crippen LogP) is 2.54. The minimum atomic E-state index is -0.854. The van der Waals surface area contributed by atoms with E-state index >= 15 is 0 Å². The number of hydrogen-bond donors (Lipinski definition) is 0. The van der Waals surface area contributed by atoms with Crippen LogP contribution in [0.4, 0.5) is 0 Å². The Bertz CT molecular complexity index is 811. The molecule has 8 nitrogen and oxygen atoms in total. The summed E-state index contributed by atoms with van der Waals surface area (Å²) in [7, 11) is 10.0. The van der Waals surface area contributed by atoms with Gasteiger partial charge in [-0.2, -0.15) is 0 Å². The second-order valence-electron chi connectivity index (χ2n) is 8.56. The molecule has 0 saturated carbocycles. The van der Waals surface area contributed by atoms with Gasteiger partial charge in [-0.25, -0.2) is 0 Å². The number of nitrogens with zero attached hydrogens (tertiary/aromatic N) is 1. The summed E-state index contributed by atoms with van der Waals surface area (Å²) in [5.74, 6) is 0.467. The van der Waals surface area contributed by atoms with Crippen molar-refractivity contribution in [1.82, 2.24) is 4.90 Å². The lowest BCUT2D eigenvalue weighted by Gasteiger charge is -2.40. The van der Waals surface area contributed by atoms with Crippen molar-refractivity contribution < 1.29 is 33.2 Å². The van der Waals surface area contributed by atoms with Crippen LogP contribution in [0, 0.1) is 0 Å². The number of amides is 1. The molecule has 3 atom stereocenters. The third-order valence-corrected chi connectivity index (χ3v) is 6.28. The molecule has 1 aliphatic carbocycles. The van der Waals surface area contributed by atoms with Crippen LogP contribution < -0.4 is 9.47 Å². The average Bonchev–Trinajstić information content (AvgIpc) is 3.12. The van der Waals surface area contributed by atoms with Gasteiger partial charge in [0.25, 0.3) is 0 Å². The molecular formula is C24H35NO7. The molecular weight excluding hydrogens is 414 g/mol. The van der Waals surface area contributed by atoms with Crippen molar-refractivity contribution in [1.29, 1.82) is 0 Å². The Hall–Kier alpha value is -2.13. The van der Waals surface area contributed by atoms with Gasteiger partial charge in [-0.3, -0.25) is 4.79 Å². The molecule has 8 heteroatoms. The minimum Gasteiger partial charge on any atom is -0.493 e. The summed E-state index contributed by atoms with van der Waals surface area (Å²) >= 11 is 0. The van der Waals surface area contributed by atoms with Crippen LogP contribution in [0.2, 0.25) is 0 Å². The molecule has 0 radical (unpaired) electrons. The number of methoxy groups -OCH3 is 4. The first kappa shape index (κ1) is 24.5. The lowest BCUT2D eigenvalue weighted by molar-refractivity contribution is -0.155. The van der Waals surface area contributed by atoms with Gasteiger partial charge in [0.05, 0.1) is 27.4 Å². The number of benzene rings is 1. The van der Waals surface area contributed by atoms with E-state index < -0.39 is 11.2 Å². The summed E-state index contributed by atoms with van der Waals surface area (Å²) in [6, 6.07) is 5.81. The van der Waals surface area contributed by atoms with Gasteiger partial charge in [-0.05, 0) is 30.2 Å². The molecule has 0 unspecified atom stereocenters. The van der Waals surface area contributed by atoms with E-state index in [4.69, 9.17) is 28.4 Å². The number of ether oxygens (including phenoxy) is 6. The SMILES string of the molecule is COC[C@@H]1OC2(C=C[C@](CC(=O)N(C)C)(c3ccc(OC)c(OC)c3)CC2)O[C@H]1COC. The van der Waals surface area contributed by atoms with Gasteiger partial charge < -0.3 is 33.3 Å². The van der Waals surface area contributed by atoms with Crippen LogP contribution in [-0.2, 0) is 29.2 Å². The highest BCUT2D eigenvalue weighted by Gasteiger charge is 2.50. The van der Waals surface area contributed by atoms with Gasteiger partial charge in [0.1, 0.15) is 12.2 Å². The Balaban J connectivity index is 1.96. The lowest BCUT2D eigenvalue weighted by Crippen LogP contribution is -2.41. The lowest BCUT2D eigenvalue weighted by atomic mass is 9.69. The Morgan fingerprint density at radius 3 is 2.06 bits per heavy atom. The maximum atomic E-state index is 12.8. The summed E-state index contributed by atoms with van der Waals surface area (Å²) in [4.78, 5) is 14.4. The Kier molecular flexibility index (Phi) is 7.82. The fraction of sp³-hybridized carbons (Fsp3) is 0.625. The molecule has 0 aromatic heterocycles. The Morgan fingerprint density at radius 2 is 1.59 bits per heavy atom. The summed E-state index contributed by atoms with van der Waals surface area (Å²) in [6.45, 7) is 0.840. The van der Waals surface area contributed by atoms with Gasteiger partial charge in [-0.1, -0.05) is 12.1 Å². The first-order valence-corrected chi connectivity index (χ1v) is 10.8. The quantitative estimate of drug-likeness (QED) is 0.536. The van der Waals surface area contributed by atoms with Gasteiger partial charge in [0, 0.05) is 46.6 Å². The molecule has 2 aliphatic rings. The Morgan fingerprint density at radius 1 is 0.969 bits per heavy atom. The third-order valence-electron chi connectivity index (χ3n) is 6.28. The largest absolute Gasteiger partial charge is 0.493 e. The number of carbonyl (C=O) groups is 1. The van der Waals surface area contributed by atoms with Crippen molar-refractivity contribution in [2.75, 3.05) is 55.7 Å². The van der Waals surface area contributed by atoms with Crippen molar-refractivity contribution in [2.45, 2.75) is 42.7 Å². The molecule has 178 valence electrons. The van der Waals surface area contributed by atoms with E-state index in [2.05, 4.69) is 6.08 Å². The third kappa shape index (κ3) is 4.93. The van der Waals surface area contributed by atoms with E-state index in [9.17, 15) is 4.79 Å². The number of carbonyl (C=O) groups excluding carboxylic acids is 1. The van der Waals surface area contributed by atoms with Crippen molar-refractivity contribution in [3.63, 3.8) is 0 Å². The number of allylic oxidation sites excluding steroid dienone is 1. The van der Waals surface area contributed by atoms with Gasteiger partial charge in [0.15, 0.2) is 17.3 Å². The minimum absolute atomic E-state index is 0.0446. The summed E-state index contributed by atoms with van der Waals surface area (Å²) in [5, 5.41) is 0.